The van der Waals surface area contributed by atoms with Gasteiger partial charge >= 0.3 is 5.97 Å². The number of ether oxygens (including phenoxy) is 1. The van der Waals surface area contributed by atoms with Crippen LogP contribution in [0.2, 0.25) is 0 Å². The molecule has 3 N–H and O–H groups in total. The van der Waals surface area contributed by atoms with Gasteiger partial charge in [-0.3, -0.25) is 0 Å². The van der Waals surface area contributed by atoms with Crippen molar-refractivity contribution in [1.82, 2.24) is 0 Å². The second kappa shape index (κ2) is 3.39. The van der Waals surface area contributed by atoms with Crippen molar-refractivity contribution in [1.29, 1.82) is 0 Å². The number of carboxylic acids is 1. The van der Waals surface area contributed by atoms with Gasteiger partial charge in [-0.15, -0.1) is 0 Å². The predicted molar refractivity (Wildman–Crippen MR) is 26.4 cm³/mol. The zero-order valence-corrected chi connectivity index (χ0v) is 4.81. The third-order valence-corrected chi connectivity index (χ3v) is 0.537. The molecule has 0 aliphatic carbocycles. The average Bonchev–Trinajstić information content (AvgIpc) is 1.63. The van der Waals surface area contributed by atoms with Gasteiger partial charge in [-0.1, -0.05) is 0 Å². The van der Waals surface area contributed by atoms with E-state index in [0.717, 1.165) is 0 Å². The first-order valence-corrected chi connectivity index (χ1v) is 2.28. The van der Waals surface area contributed by atoms with Crippen LogP contribution in [0.4, 0.5) is 0 Å². The largest absolute Gasteiger partial charge is 0.477 e. The van der Waals surface area contributed by atoms with Crippen molar-refractivity contribution in [3.05, 3.63) is 0 Å². The lowest BCUT2D eigenvalue weighted by Crippen LogP contribution is -2.27. The molecule has 1 unspecified atom stereocenters. The molecule has 2 atom stereocenters. The number of aliphatic hydroxyl groups is 2. The van der Waals surface area contributed by atoms with E-state index in [1.54, 1.807) is 0 Å². The summed E-state index contributed by atoms with van der Waals surface area (Å²) in [5.74, 6) is -1.52. The van der Waals surface area contributed by atoms with Gasteiger partial charge in [0.2, 0.25) is 0 Å². The van der Waals surface area contributed by atoms with Crippen LogP contribution in [-0.4, -0.2) is 33.9 Å². The molecule has 0 saturated carbocycles. The van der Waals surface area contributed by atoms with E-state index in [1.807, 2.05) is 0 Å². The fourth-order valence-corrected chi connectivity index (χ4v) is 0.245. The van der Waals surface area contributed by atoms with Crippen LogP contribution in [0.15, 0.2) is 0 Å². The molecule has 0 bridgehead atoms. The minimum Gasteiger partial charge on any atom is -0.477 e. The van der Waals surface area contributed by atoms with E-state index in [9.17, 15) is 4.79 Å². The van der Waals surface area contributed by atoms with Crippen LogP contribution < -0.4 is 0 Å². The van der Waals surface area contributed by atoms with E-state index in [-0.39, 0.29) is 0 Å². The Balaban J connectivity index is 3.50. The van der Waals surface area contributed by atoms with E-state index < -0.39 is 18.5 Å². The SMILES string of the molecule is C[C@H](O)OC(O)C(=O)O. The summed E-state index contributed by atoms with van der Waals surface area (Å²) in [4.78, 5) is 9.75. The van der Waals surface area contributed by atoms with Gasteiger partial charge < -0.3 is 20.1 Å². The van der Waals surface area contributed by atoms with Gasteiger partial charge in [0.15, 0.2) is 6.29 Å². The van der Waals surface area contributed by atoms with Crippen LogP contribution in [0, 0.1) is 0 Å². The molecule has 5 heteroatoms. The van der Waals surface area contributed by atoms with Gasteiger partial charge in [-0.2, -0.15) is 0 Å². The Morgan fingerprint density at radius 2 is 2.00 bits per heavy atom. The smallest absolute Gasteiger partial charge is 0.360 e. The molecule has 0 saturated heterocycles. The zero-order valence-electron chi connectivity index (χ0n) is 4.81. The Morgan fingerprint density at radius 1 is 1.56 bits per heavy atom. The molecule has 54 valence electrons. The summed E-state index contributed by atoms with van der Waals surface area (Å²) in [7, 11) is 0. The highest BCUT2D eigenvalue weighted by molar-refractivity contribution is 5.70. The van der Waals surface area contributed by atoms with E-state index in [0.29, 0.717) is 0 Å². The minimum atomic E-state index is -1.94. The standard InChI is InChI=1S/C4H8O5/c1-2(5)9-4(8)3(6)7/h2,4-5,8H,1H3,(H,6,7)/t2-,4?/m1/s1. The number of aliphatic hydroxyl groups excluding tert-OH is 2. The number of aliphatic carboxylic acids is 1. The molecule has 0 rings (SSSR count). The van der Waals surface area contributed by atoms with Gasteiger partial charge in [0.1, 0.15) is 0 Å². The lowest BCUT2D eigenvalue weighted by atomic mass is 10.6. The first-order valence-electron chi connectivity index (χ1n) is 2.28. The maximum atomic E-state index is 9.75. The summed E-state index contributed by atoms with van der Waals surface area (Å²) in [6.45, 7) is 1.20. The fourth-order valence-electron chi connectivity index (χ4n) is 0.245. The monoisotopic (exact) mass is 136 g/mol. The van der Waals surface area contributed by atoms with Gasteiger partial charge in [0.05, 0.1) is 0 Å². The lowest BCUT2D eigenvalue weighted by molar-refractivity contribution is -0.215. The third-order valence-electron chi connectivity index (χ3n) is 0.537. The van der Waals surface area contributed by atoms with Crippen LogP contribution in [0.1, 0.15) is 6.92 Å². The summed E-state index contributed by atoms with van der Waals surface area (Å²) >= 11 is 0. The summed E-state index contributed by atoms with van der Waals surface area (Å²) in [5.41, 5.74) is 0. The van der Waals surface area contributed by atoms with Crippen molar-refractivity contribution in [2.45, 2.75) is 19.5 Å². The van der Waals surface area contributed by atoms with Crippen LogP contribution in [0.3, 0.4) is 0 Å². The lowest BCUT2D eigenvalue weighted by Gasteiger charge is -2.08. The number of hydrogen-bond acceptors (Lipinski definition) is 4. The molecule has 9 heavy (non-hydrogen) atoms. The van der Waals surface area contributed by atoms with Gasteiger partial charge in [-0.05, 0) is 6.92 Å². The summed E-state index contributed by atoms with van der Waals surface area (Å²) < 4.78 is 4.02. The molecule has 0 radical (unpaired) electrons. The Kier molecular flexibility index (Phi) is 3.15. The predicted octanol–water partition coefficient (Wildman–Crippen LogP) is -1.26. The fraction of sp³-hybridized carbons (Fsp3) is 0.750. The third kappa shape index (κ3) is 3.89. The molecule has 5 nitrogen and oxygen atoms in total. The van der Waals surface area contributed by atoms with Crippen LogP contribution in [0.25, 0.3) is 0 Å². The molecular weight excluding hydrogens is 128 g/mol. The number of rotatable bonds is 3. The molecule has 0 heterocycles. The summed E-state index contributed by atoms with van der Waals surface area (Å²) in [6.07, 6.45) is -3.21. The van der Waals surface area contributed by atoms with Crippen molar-refractivity contribution < 1.29 is 24.9 Å². The Morgan fingerprint density at radius 3 is 2.11 bits per heavy atom. The first-order chi connectivity index (χ1) is 4.04. The topological polar surface area (TPSA) is 87.0 Å². The second-order valence-corrected chi connectivity index (χ2v) is 1.43. The number of hydrogen-bond donors (Lipinski definition) is 3. The molecule has 0 aliphatic rings. The van der Waals surface area contributed by atoms with E-state index >= 15 is 0 Å². The Bertz CT molecular complexity index is 99.1. The molecule has 0 aromatic heterocycles. The van der Waals surface area contributed by atoms with Crippen LogP contribution in [-0.2, 0) is 9.53 Å². The number of carbonyl (C=O) groups is 1. The van der Waals surface area contributed by atoms with Crippen LogP contribution in [0.5, 0.6) is 0 Å². The van der Waals surface area contributed by atoms with Gasteiger partial charge in [-0.25, -0.2) is 4.79 Å². The maximum absolute atomic E-state index is 9.75. The van der Waals surface area contributed by atoms with Crippen LogP contribution >= 0.6 is 0 Å². The minimum absolute atomic E-state index is 1.20. The van der Waals surface area contributed by atoms with E-state index in [4.69, 9.17) is 15.3 Å². The molecule has 0 aliphatic heterocycles. The summed E-state index contributed by atoms with van der Waals surface area (Å²) in [6, 6.07) is 0. The van der Waals surface area contributed by atoms with E-state index in [2.05, 4.69) is 4.74 Å². The van der Waals surface area contributed by atoms with Crippen molar-refractivity contribution in [2.24, 2.45) is 0 Å². The maximum Gasteiger partial charge on any atom is 0.360 e. The Labute approximate surface area is 51.5 Å². The molecule has 0 amide bonds. The highest BCUT2D eigenvalue weighted by atomic mass is 16.7. The second-order valence-electron chi connectivity index (χ2n) is 1.43. The van der Waals surface area contributed by atoms with Crippen molar-refractivity contribution in [2.75, 3.05) is 0 Å². The van der Waals surface area contributed by atoms with E-state index in [1.165, 1.54) is 6.92 Å². The molecule has 0 aromatic rings. The van der Waals surface area contributed by atoms with Gasteiger partial charge in [0.25, 0.3) is 6.29 Å². The molecule has 0 aromatic carbocycles. The van der Waals surface area contributed by atoms with Crippen molar-refractivity contribution in [3.63, 3.8) is 0 Å². The highest BCUT2D eigenvalue weighted by Crippen LogP contribution is 1.90. The first kappa shape index (κ1) is 8.35. The van der Waals surface area contributed by atoms with Crippen molar-refractivity contribution >= 4 is 5.97 Å². The Hall–Kier alpha value is -0.650. The van der Waals surface area contributed by atoms with Gasteiger partial charge in [0, 0.05) is 0 Å². The number of carboxylic acid groups (broad SMARTS) is 1. The highest BCUT2D eigenvalue weighted by Gasteiger charge is 2.14. The zero-order chi connectivity index (χ0) is 7.44. The normalized spacial score (nSPS) is 16.8. The molecule has 0 spiro atoms. The average molecular weight is 136 g/mol. The quantitative estimate of drug-likeness (QED) is 0.422. The molecular formula is C4H8O5. The molecule has 0 fully saturated rings. The van der Waals surface area contributed by atoms with Crippen molar-refractivity contribution in [3.8, 4) is 0 Å². The summed E-state index contributed by atoms with van der Waals surface area (Å²) in [5, 5.41) is 24.6.